The Morgan fingerprint density at radius 1 is 1.10 bits per heavy atom. The molecule has 2 saturated heterocycles. The zero-order valence-corrected chi connectivity index (χ0v) is 18.7. The van der Waals surface area contributed by atoms with E-state index in [2.05, 4.69) is 5.32 Å². The van der Waals surface area contributed by atoms with Gasteiger partial charge < -0.3 is 10.2 Å². The molecule has 9 heteroatoms. The first kappa shape index (κ1) is 21.8. The molecule has 0 bridgehead atoms. The summed E-state index contributed by atoms with van der Waals surface area (Å²) in [4.78, 5) is 26.9. The standard InChI is InChI=1S/C22H24ClN3O4S/c1-15-14-17(8-11-19(15)25-12-3-5-21(25)27)24-22(28)20-4-2-13-26(20)31(29,30)18-9-6-16(23)7-10-18/h6-11,14,20H,2-5,12-13H2,1H3,(H,24,28)/t20-/m1/s1. The van der Waals surface area contributed by atoms with Gasteiger partial charge in [-0.1, -0.05) is 11.6 Å². The Hall–Kier alpha value is -2.42. The molecule has 0 unspecified atom stereocenters. The fraction of sp³-hybridized carbons (Fsp3) is 0.364. The molecule has 0 radical (unpaired) electrons. The molecule has 31 heavy (non-hydrogen) atoms. The van der Waals surface area contributed by atoms with E-state index < -0.39 is 16.1 Å². The van der Waals surface area contributed by atoms with Gasteiger partial charge in [-0.3, -0.25) is 9.59 Å². The molecule has 164 valence electrons. The highest BCUT2D eigenvalue weighted by atomic mass is 35.5. The highest BCUT2D eigenvalue weighted by Gasteiger charge is 2.39. The van der Waals surface area contributed by atoms with Crippen LogP contribution in [0.4, 0.5) is 11.4 Å². The van der Waals surface area contributed by atoms with Crippen molar-refractivity contribution in [3.63, 3.8) is 0 Å². The largest absolute Gasteiger partial charge is 0.325 e. The SMILES string of the molecule is Cc1cc(NC(=O)[C@H]2CCCN2S(=O)(=O)c2ccc(Cl)cc2)ccc1N1CCCC1=O. The van der Waals surface area contributed by atoms with Crippen LogP contribution in [0.15, 0.2) is 47.4 Å². The average Bonchev–Trinajstić information content (AvgIpc) is 3.38. The summed E-state index contributed by atoms with van der Waals surface area (Å²) in [5.41, 5.74) is 2.30. The van der Waals surface area contributed by atoms with E-state index in [0.29, 0.717) is 36.5 Å². The topological polar surface area (TPSA) is 86.8 Å². The van der Waals surface area contributed by atoms with Gasteiger partial charge in [-0.2, -0.15) is 4.31 Å². The molecule has 1 atom stereocenters. The summed E-state index contributed by atoms with van der Waals surface area (Å²) in [5.74, 6) is -0.256. The first-order valence-electron chi connectivity index (χ1n) is 10.3. The molecule has 2 fully saturated rings. The van der Waals surface area contributed by atoms with Crippen LogP contribution in [0.25, 0.3) is 0 Å². The molecule has 2 heterocycles. The second-order valence-corrected chi connectivity index (χ2v) is 10.2. The van der Waals surface area contributed by atoms with Gasteiger partial charge in [0.1, 0.15) is 6.04 Å². The van der Waals surface area contributed by atoms with Crippen LogP contribution >= 0.6 is 11.6 Å². The van der Waals surface area contributed by atoms with Crippen LogP contribution < -0.4 is 10.2 Å². The lowest BCUT2D eigenvalue weighted by Crippen LogP contribution is -2.43. The molecule has 0 spiro atoms. The van der Waals surface area contributed by atoms with Crippen molar-refractivity contribution in [2.75, 3.05) is 23.3 Å². The normalized spacial score (nSPS) is 19.7. The van der Waals surface area contributed by atoms with E-state index in [1.54, 1.807) is 11.0 Å². The van der Waals surface area contributed by atoms with Crippen molar-refractivity contribution in [3.8, 4) is 0 Å². The highest BCUT2D eigenvalue weighted by Crippen LogP contribution is 2.30. The molecule has 1 N–H and O–H groups in total. The number of anilines is 2. The van der Waals surface area contributed by atoms with Gasteiger partial charge in [0, 0.05) is 35.9 Å². The number of carbonyl (C=O) groups excluding carboxylic acids is 2. The van der Waals surface area contributed by atoms with E-state index in [9.17, 15) is 18.0 Å². The molecule has 0 aliphatic carbocycles. The fourth-order valence-corrected chi connectivity index (χ4v) is 5.98. The summed E-state index contributed by atoms with van der Waals surface area (Å²) in [6.45, 7) is 2.88. The summed E-state index contributed by atoms with van der Waals surface area (Å²) in [5, 5.41) is 3.30. The van der Waals surface area contributed by atoms with Gasteiger partial charge in [0.05, 0.1) is 4.90 Å². The molecule has 0 aromatic heterocycles. The van der Waals surface area contributed by atoms with Crippen molar-refractivity contribution in [2.45, 2.75) is 43.5 Å². The van der Waals surface area contributed by atoms with E-state index in [1.165, 1.54) is 28.6 Å². The number of carbonyl (C=O) groups is 2. The predicted molar refractivity (Wildman–Crippen MR) is 120 cm³/mol. The highest BCUT2D eigenvalue weighted by molar-refractivity contribution is 7.89. The van der Waals surface area contributed by atoms with Crippen molar-refractivity contribution >= 4 is 44.8 Å². The minimum absolute atomic E-state index is 0.105. The third-order valence-electron chi connectivity index (χ3n) is 5.76. The van der Waals surface area contributed by atoms with E-state index in [1.807, 2.05) is 19.1 Å². The van der Waals surface area contributed by atoms with Gasteiger partial charge in [-0.05, 0) is 74.2 Å². The Labute approximate surface area is 187 Å². The number of benzene rings is 2. The molecule has 2 aromatic carbocycles. The van der Waals surface area contributed by atoms with Crippen LogP contribution in [0.5, 0.6) is 0 Å². The summed E-state index contributed by atoms with van der Waals surface area (Å²) in [7, 11) is -3.80. The minimum Gasteiger partial charge on any atom is -0.325 e. The molecule has 2 aliphatic heterocycles. The maximum absolute atomic E-state index is 13.1. The van der Waals surface area contributed by atoms with E-state index in [4.69, 9.17) is 11.6 Å². The van der Waals surface area contributed by atoms with Crippen molar-refractivity contribution in [2.24, 2.45) is 0 Å². The lowest BCUT2D eigenvalue weighted by Gasteiger charge is -2.24. The smallest absolute Gasteiger partial charge is 0.243 e. The first-order valence-corrected chi connectivity index (χ1v) is 12.1. The monoisotopic (exact) mass is 461 g/mol. The lowest BCUT2D eigenvalue weighted by molar-refractivity contribution is -0.119. The lowest BCUT2D eigenvalue weighted by atomic mass is 10.1. The van der Waals surface area contributed by atoms with E-state index in [-0.39, 0.29) is 23.3 Å². The number of nitrogens with one attached hydrogen (secondary N) is 1. The third-order valence-corrected chi connectivity index (χ3v) is 7.93. The second kappa shape index (κ2) is 8.61. The molecule has 4 rings (SSSR count). The Morgan fingerprint density at radius 2 is 1.84 bits per heavy atom. The second-order valence-electron chi connectivity index (χ2n) is 7.87. The van der Waals surface area contributed by atoms with Crippen LogP contribution in [0.1, 0.15) is 31.2 Å². The van der Waals surface area contributed by atoms with Crippen molar-refractivity contribution in [3.05, 3.63) is 53.1 Å². The predicted octanol–water partition coefficient (Wildman–Crippen LogP) is 3.57. The molecule has 0 saturated carbocycles. The Bertz CT molecular complexity index is 1120. The summed E-state index contributed by atoms with van der Waals surface area (Å²) in [6.07, 6.45) is 2.46. The molecule has 2 amide bonds. The molecule has 2 aliphatic rings. The number of hydrogen-bond donors (Lipinski definition) is 1. The molecule has 2 aromatic rings. The number of amides is 2. The number of nitrogens with zero attached hydrogens (tertiary/aromatic N) is 2. The van der Waals surface area contributed by atoms with Gasteiger partial charge >= 0.3 is 0 Å². The van der Waals surface area contributed by atoms with Crippen LogP contribution in [0.3, 0.4) is 0 Å². The van der Waals surface area contributed by atoms with Gasteiger partial charge in [-0.25, -0.2) is 8.42 Å². The van der Waals surface area contributed by atoms with Gasteiger partial charge in [-0.15, -0.1) is 0 Å². The van der Waals surface area contributed by atoms with E-state index >= 15 is 0 Å². The maximum Gasteiger partial charge on any atom is 0.243 e. The Kier molecular flexibility index (Phi) is 6.05. The quantitative estimate of drug-likeness (QED) is 0.737. The molecule has 7 nitrogen and oxygen atoms in total. The number of rotatable bonds is 5. The molecular formula is C22H24ClN3O4S. The van der Waals surface area contributed by atoms with Crippen LogP contribution in [-0.4, -0.2) is 43.7 Å². The van der Waals surface area contributed by atoms with Crippen LogP contribution in [0.2, 0.25) is 5.02 Å². The van der Waals surface area contributed by atoms with Crippen LogP contribution in [0, 0.1) is 6.92 Å². The van der Waals surface area contributed by atoms with Crippen molar-refractivity contribution in [1.29, 1.82) is 0 Å². The Balaban J connectivity index is 1.51. The van der Waals surface area contributed by atoms with Gasteiger partial charge in [0.15, 0.2) is 0 Å². The zero-order valence-electron chi connectivity index (χ0n) is 17.2. The molecular weight excluding hydrogens is 438 g/mol. The summed E-state index contributed by atoms with van der Waals surface area (Å²) in [6, 6.07) is 10.6. The minimum atomic E-state index is -3.80. The van der Waals surface area contributed by atoms with Gasteiger partial charge in [0.2, 0.25) is 21.8 Å². The summed E-state index contributed by atoms with van der Waals surface area (Å²) < 4.78 is 27.4. The fourth-order valence-electron chi connectivity index (χ4n) is 4.20. The summed E-state index contributed by atoms with van der Waals surface area (Å²) >= 11 is 5.87. The zero-order chi connectivity index (χ0) is 22.2. The number of hydrogen-bond acceptors (Lipinski definition) is 4. The van der Waals surface area contributed by atoms with E-state index in [0.717, 1.165) is 17.7 Å². The van der Waals surface area contributed by atoms with Crippen molar-refractivity contribution < 1.29 is 18.0 Å². The maximum atomic E-state index is 13.1. The number of sulfonamides is 1. The third kappa shape index (κ3) is 4.33. The van der Waals surface area contributed by atoms with Crippen LogP contribution in [-0.2, 0) is 19.6 Å². The number of aryl methyl sites for hydroxylation is 1. The first-order chi connectivity index (χ1) is 14.8. The number of halogens is 1. The van der Waals surface area contributed by atoms with Crippen molar-refractivity contribution in [1.82, 2.24) is 4.31 Å². The van der Waals surface area contributed by atoms with Gasteiger partial charge in [0.25, 0.3) is 0 Å². The Morgan fingerprint density at radius 3 is 2.48 bits per heavy atom. The average molecular weight is 462 g/mol.